The average molecular weight is 144 g/mol. The van der Waals surface area contributed by atoms with Gasteiger partial charge in [-0.05, 0) is 12.3 Å². The molecule has 0 fully saturated rings. The van der Waals surface area contributed by atoms with Gasteiger partial charge in [-0.1, -0.05) is 27.2 Å². The minimum absolute atomic E-state index is 0.176. The molecule has 0 saturated heterocycles. The zero-order valence-corrected chi connectivity index (χ0v) is 7.30. The SMILES string of the molecule is CCC(C)[C@H](N)C(N)CC. The minimum atomic E-state index is 0.176. The van der Waals surface area contributed by atoms with Gasteiger partial charge in [0.15, 0.2) is 0 Å². The largest absolute Gasteiger partial charge is 0.326 e. The van der Waals surface area contributed by atoms with Gasteiger partial charge in [0.1, 0.15) is 0 Å². The van der Waals surface area contributed by atoms with Gasteiger partial charge in [0.25, 0.3) is 0 Å². The van der Waals surface area contributed by atoms with Gasteiger partial charge in [-0.2, -0.15) is 0 Å². The fourth-order valence-electron chi connectivity index (χ4n) is 0.966. The Balaban J connectivity index is 3.69. The van der Waals surface area contributed by atoms with Gasteiger partial charge in [0, 0.05) is 12.1 Å². The van der Waals surface area contributed by atoms with Crippen molar-refractivity contribution in [2.75, 3.05) is 0 Å². The van der Waals surface area contributed by atoms with E-state index in [1.54, 1.807) is 0 Å². The smallest absolute Gasteiger partial charge is 0.0218 e. The van der Waals surface area contributed by atoms with Crippen molar-refractivity contribution in [1.82, 2.24) is 0 Å². The highest BCUT2D eigenvalue weighted by Crippen LogP contribution is 2.08. The topological polar surface area (TPSA) is 52.0 Å². The lowest BCUT2D eigenvalue weighted by atomic mass is 9.93. The van der Waals surface area contributed by atoms with Crippen LogP contribution in [0.1, 0.15) is 33.6 Å². The summed E-state index contributed by atoms with van der Waals surface area (Å²) >= 11 is 0. The molecule has 0 aliphatic rings. The van der Waals surface area contributed by atoms with Crippen molar-refractivity contribution in [3.63, 3.8) is 0 Å². The summed E-state index contributed by atoms with van der Waals surface area (Å²) in [5, 5.41) is 0. The molecule has 2 heteroatoms. The Morgan fingerprint density at radius 2 is 1.60 bits per heavy atom. The molecule has 0 aromatic heterocycles. The van der Waals surface area contributed by atoms with E-state index in [0.29, 0.717) is 5.92 Å². The molecule has 0 aliphatic heterocycles. The Hall–Kier alpha value is -0.0800. The van der Waals surface area contributed by atoms with E-state index in [1.165, 1.54) is 0 Å². The van der Waals surface area contributed by atoms with E-state index in [-0.39, 0.29) is 12.1 Å². The highest BCUT2D eigenvalue weighted by atomic mass is 14.8. The lowest BCUT2D eigenvalue weighted by Gasteiger charge is -2.23. The van der Waals surface area contributed by atoms with Crippen LogP contribution in [0.5, 0.6) is 0 Å². The predicted molar refractivity (Wildman–Crippen MR) is 45.7 cm³/mol. The highest BCUT2D eigenvalue weighted by Gasteiger charge is 2.16. The zero-order valence-electron chi connectivity index (χ0n) is 7.30. The minimum Gasteiger partial charge on any atom is -0.326 e. The molecular formula is C8H20N2. The molecule has 3 atom stereocenters. The van der Waals surface area contributed by atoms with Gasteiger partial charge in [0.2, 0.25) is 0 Å². The van der Waals surface area contributed by atoms with Crippen LogP contribution in [0.15, 0.2) is 0 Å². The van der Waals surface area contributed by atoms with E-state index < -0.39 is 0 Å². The summed E-state index contributed by atoms with van der Waals surface area (Å²) in [6.45, 7) is 6.38. The molecular weight excluding hydrogens is 124 g/mol. The van der Waals surface area contributed by atoms with Crippen molar-refractivity contribution in [2.24, 2.45) is 17.4 Å². The van der Waals surface area contributed by atoms with Crippen LogP contribution in [0.25, 0.3) is 0 Å². The average Bonchev–Trinajstić information content (AvgIpc) is 2.00. The van der Waals surface area contributed by atoms with Crippen LogP contribution in [-0.4, -0.2) is 12.1 Å². The molecule has 0 aromatic carbocycles. The van der Waals surface area contributed by atoms with Crippen LogP contribution in [-0.2, 0) is 0 Å². The van der Waals surface area contributed by atoms with Crippen LogP contribution >= 0.6 is 0 Å². The first kappa shape index (κ1) is 9.92. The molecule has 0 saturated carbocycles. The maximum absolute atomic E-state index is 5.86. The van der Waals surface area contributed by atoms with E-state index in [2.05, 4.69) is 20.8 Å². The fraction of sp³-hybridized carbons (Fsp3) is 1.00. The molecule has 0 aliphatic carbocycles. The summed E-state index contributed by atoms with van der Waals surface area (Å²) in [4.78, 5) is 0. The third-order valence-electron chi connectivity index (χ3n) is 2.27. The number of nitrogens with two attached hydrogens (primary N) is 2. The summed E-state index contributed by atoms with van der Waals surface area (Å²) in [5.41, 5.74) is 11.6. The Bertz CT molecular complexity index is 73.3. The van der Waals surface area contributed by atoms with Crippen molar-refractivity contribution in [2.45, 2.75) is 45.7 Å². The summed E-state index contributed by atoms with van der Waals surface area (Å²) in [6.07, 6.45) is 2.10. The molecule has 4 N–H and O–H groups in total. The molecule has 0 spiro atoms. The molecule has 0 radical (unpaired) electrons. The van der Waals surface area contributed by atoms with Crippen molar-refractivity contribution < 1.29 is 0 Å². The zero-order chi connectivity index (χ0) is 8.15. The Labute approximate surface area is 64.0 Å². The first-order valence-electron chi connectivity index (χ1n) is 4.14. The van der Waals surface area contributed by atoms with E-state index in [9.17, 15) is 0 Å². The third kappa shape index (κ3) is 2.67. The van der Waals surface area contributed by atoms with Gasteiger partial charge in [-0.3, -0.25) is 0 Å². The van der Waals surface area contributed by atoms with Crippen molar-refractivity contribution in [3.05, 3.63) is 0 Å². The summed E-state index contributed by atoms with van der Waals surface area (Å²) < 4.78 is 0. The first-order valence-corrected chi connectivity index (χ1v) is 4.14. The van der Waals surface area contributed by atoms with Crippen molar-refractivity contribution in [1.29, 1.82) is 0 Å². The molecule has 2 unspecified atom stereocenters. The first-order chi connectivity index (χ1) is 4.63. The van der Waals surface area contributed by atoms with Crippen molar-refractivity contribution in [3.8, 4) is 0 Å². The van der Waals surface area contributed by atoms with Gasteiger partial charge >= 0.3 is 0 Å². The van der Waals surface area contributed by atoms with Gasteiger partial charge in [-0.25, -0.2) is 0 Å². The van der Waals surface area contributed by atoms with Gasteiger partial charge in [-0.15, -0.1) is 0 Å². The second kappa shape index (κ2) is 4.69. The Morgan fingerprint density at radius 1 is 1.10 bits per heavy atom. The molecule has 0 amide bonds. The van der Waals surface area contributed by atoms with Crippen LogP contribution < -0.4 is 11.5 Å². The summed E-state index contributed by atoms with van der Waals surface area (Å²) in [5.74, 6) is 0.551. The summed E-state index contributed by atoms with van der Waals surface area (Å²) in [6, 6.07) is 0.352. The molecule has 10 heavy (non-hydrogen) atoms. The fourth-order valence-corrected chi connectivity index (χ4v) is 0.966. The maximum atomic E-state index is 5.86. The monoisotopic (exact) mass is 144 g/mol. The number of hydrogen-bond acceptors (Lipinski definition) is 2. The van der Waals surface area contributed by atoms with E-state index in [1.807, 2.05) is 0 Å². The van der Waals surface area contributed by atoms with Crippen LogP contribution in [0, 0.1) is 5.92 Å². The molecule has 2 nitrogen and oxygen atoms in total. The normalized spacial score (nSPS) is 20.1. The quantitative estimate of drug-likeness (QED) is 0.620. The van der Waals surface area contributed by atoms with Gasteiger partial charge < -0.3 is 11.5 Å². The van der Waals surface area contributed by atoms with Crippen LogP contribution in [0.4, 0.5) is 0 Å². The molecule has 0 heterocycles. The standard InChI is InChI=1S/C8H20N2/c1-4-6(3)8(10)7(9)5-2/h6-8H,4-5,9-10H2,1-3H3/t6?,7?,8-/m0/s1. The second-order valence-corrected chi connectivity index (χ2v) is 3.03. The van der Waals surface area contributed by atoms with E-state index >= 15 is 0 Å². The number of rotatable bonds is 4. The molecule has 62 valence electrons. The van der Waals surface area contributed by atoms with E-state index in [0.717, 1.165) is 12.8 Å². The molecule has 0 aromatic rings. The highest BCUT2D eigenvalue weighted by molar-refractivity contribution is 4.78. The second-order valence-electron chi connectivity index (χ2n) is 3.03. The van der Waals surface area contributed by atoms with E-state index in [4.69, 9.17) is 11.5 Å². The number of hydrogen-bond donors (Lipinski definition) is 2. The molecule has 0 bridgehead atoms. The molecule has 0 rings (SSSR count). The lowest BCUT2D eigenvalue weighted by molar-refractivity contribution is 0.375. The van der Waals surface area contributed by atoms with Crippen molar-refractivity contribution >= 4 is 0 Å². The lowest BCUT2D eigenvalue weighted by Crippen LogP contribution is -2.45. The third-order valence-corrected chi connectivity index (χ3v) is 2.27. The predicted octanol–water partition coefficient (Wildman–Crippen LogP) is 1.10. The Kier molecular flexibility index (Phi) is 4.65. The van der Waals surface area contributed by atoms with Crippen LogP contribution in [0.3, 0.4) is 0 Å². The summed E-state index contributed by atoms with van der Waals surface area (Å²) in [7, 11) is 0. The van der Waals surface area contributed by atoms with Gasteiger partial charge in [0.05, 0.1) is 0 Å². The van der Waals surface area contributed by atoms with Crippen LogP contribution in [0.2, 0.25) is 0 Å². The maximum Gasteiger partial charge on any atom is 0.0218 e. The Morgan fingerprint density at radius 3 is 1.90 bits per heavy atom.